The van der Waals surface area contributed by atoms with E-state index in [-0.39, 0.29) is 17.5 Å². The van der Waals surface area contributed by atoms with Gasteiger partial charge in [-0.2, -0.15) is 0 Å². The summed E-state index contributed by atoms with van der Waals surface area (Å²) >= 11 is 0. The molecule has 112 valence electrons. The molecule has 1 aliphatic heterocycles. The fraction of sp³-hybridized carbons (Fsp3) is 0.692. The van der Waals surface area contributed by atoms with Crippen molar-refractivity contribution in [2.24, 2.45) is 0 Å². The number of nitrogens with zero attached hydrogens (tertiary/aromatic N) is 3. The second-order valence-electron chi connectivity index (χ2n) is 5.21. The van der Waals surface area contributed by atoms with Gasteiger partial charge in [-0.15, -0.1) is 0 Å². The number of hydrogen-bond acceptors (Lipinski definition) is 6. The largest absolute Gasteiger partial charge is 0.373 e. The summed E-state index contributed by atoms with van der Waals surface area (Å²) in [6.07, 6.45) is 1.41. The van der Waals surface area contributed by atoms with E-state index in [4.69, 9.17) is 0 Å². The van der Waals surface area contributed by atoms with Gasteiger partial charge in [-0.25, -0.2) is 18.4 Å². The van der Waals surface area contributed by atoms with Gasteiger partial charge >= 0.3 is 0 Å². The third-order valence-corrected chi connectivity index (χ3v) is 5.56. The van der Waals surface area contributed by atoms with Crippen LogP contribution in [-0.4, -0.2) is 50.0 Å². The molecule has 1 unspecified atom stereocenters. The first kappa shape index (κ1) is 15.0. The van der Waals surface area contributed by atoms with E-state index >= 15 is 0 Å². The van der Waals surface area contributed by atoms with Crippen molar-refractivity contribution in [1.29, 1.82) is 0 Å². The normalized spacial score (nSPS) is 20.9. The minimum Gasteiger partial charge on any atom is -0.373 e. The van der Waals surface area contributed by atoms with Gasteiger partial charge in [0, 0.05) is 32.1 Å². The molecule has 0 aliphatic carbocycles. The Labute approximate surface area is 120 Å². The molecule has 20 heavy (non-hydrogen) atoms. The van der Waals surface area contributed by atoms with Crippen LogP contribution in [0.25, 0.3) is 0 Å². The molecule has 2 heterocycles. The van der Waals surface area contributed by atoms with E-state index in [1.165, 1.54) is 0 Å². The van der Waals surface area contributed by atoms with Gasteiger partial charge < -0.3 is 10.2 Å². The quantitative estimate of drug-likeness (QED) is 0.894. The number of rotatable bonds is 4. The van der Waals surface area contributed by atoms with Crippen molar-refractivity contribution in [2.45, 2.75) is 32.7 Å². The molecule has 1 aromatic rings. The van der Waals surface area contributed by atoms with E-state index in [1.54, 1.807) is 0 Å². The highest BCUT2D eigenvalue weighted by atomic mass is 32.2. The Bertz CT molecular complexity index is 601. The van der Waals surface area contributed by atoms with Crippen LogP contribution in [0, 0.1) is 6.92 Å². The first-order chi connectivity index (χ1) is 9.38. The lowest BCUT2D eigenvalue weighted by atomic mass is 10.2. The van der Waals surface area contributed by atoms with Crippen LogP contribution in [-0.2, 0) is 16.3 Å². The lowest BCUT2D eigenvalue weighted by molar-refractivity contribution is 0.600. The van der Waals surface area contributed by atoms with Gasteiger partial charge in [0.1, 0.15) is 17.5 Å². The smallest absolute Gasteiger partial charge is 0.152 e. The molecule has 1 aromatic heterocycles. The topological polar surface area (TPSA) is 75.2 Å². The summed E-state index contributed by atoms with van der Waals surface area (Å²) in [6.45, 7) is 3.97. The molecule has 7 heteroatoms. The van der Waals surface area contributed by atoms with E-state index < -0.39 is 9.84 Å². The second-order valence-corrected chi connectivity index (χ2v) is 7.44. The molecule has 0 aromatic carbocycles. The van der Waals surface area contributed by atoms with Gasteiger partial charge in [0.2, 0.25) is 0 Å². The molecular formula is C13H22N4O2S. The molecule has 6 nitrogen and oxygen atoms in total. The van der Waals surface area contributed by atoms with E-state index in [9.17, 15) is 8.42 Å². The van der Waals surface area contributed by atoms with E-state index in [0.717, 1.165) is 29.4 Å². The molecule has 0 spiro atoms. The van der Waals surface area contributed by atoms with Crippen molar-refractivity contribution >= 4 is 21.5 Å². The minimum absolute atomic E-state index is 0.00279. The van der Waals surface area contributed by atoms with E-state index in [0.29, 0.717) is 6.42 Å². The highest BCUT2D eigenvalue weighted by molar-refractivity contribution is 7.91. The molecule has 1 saturated heterocycles. The average molecular weight is 298 g/mol. The van der Waals surface area contributed by atoms with Gasteiger partial charge in [0.15, 0.2) is 9.84 Å². The number of nitrogens with one attached hydrogen (secondary N) is 1. The zero-order chi connectivity index (χ0) is 14.9. The van der Waals surface area contributed by atoms with Crippen LogP contribution >= 0.6 is 0 Å². The van der Waals surface area contributed by atoms with Gasteiger partial charge in [-0.1, -0.05) is 6.92 Å². The summed E-state index contributed by atoms with van der Waals surface area (Å²) < 4.78 is 23.3. The maximum absolute atomic E-state index is 11.6. The Morgan fingerprint density at radius 3 is 2.60 bits per heavy atom. The molecule has 0 amide bonds. The monoisotopic (exact) mass is 298 g/mol. The molecule has 1 fully saturated rings. The average Bonchev–Trinajstić information content (AvgIpc) is 2.78. The Kier molecular flexibility index (Phi) is 4.17. The molecular weight excluding hydrogens is 276 g/mol. The Morgan fingerprint density at radius 1 is 1.40 bits per heavy atom. The van der Waals surface area contributed by atoms with E-state index in [1.807, 2.05) is 32.8 Å². The van der Waals surface area contributed by atoms with Crippen LogP contribution in [0.5, 0.6) is 0 Å². The van der Waals surface area contributed by atoms with Crippen molar-refractivity contribution in [3.05, 3.63) is 11.4 Å². The number of sulfone groups is 1. The molecule has 0 bridgehead atoms. The van der Waals surface area contributed by atoms with E-state index in [2.05, 4.69) is 15.3 Å². The molecule has 0 radical (unpaired) electrons. The van der Waals surface area contributed by atoms with Gasteiger partial charge in [-0.05, 0) is 13.3 Å². The molecule has 1 aliphatic rings. The van der Waals surface area contributed by atoms with Gasteiger partial charge in [0.25, 0.3) is 0 Å². The number of aryl methyl sites for hydroxylation is 1. The summed E-state index contributed by atoms with van der Waals surface area (Å²) in [6, 6.07) is 0.00279. The highest BCUT2D eigenvalue weighted by Crippen LogP contribution is 2.27. The van der Waals surface area contributed by atoms with Crippen LogP contribution < -0.4 is 10.2 Å². The molecule has 1 atom stereocenters. The van der Waals surface area contributed by atoms with Crippen molar-refractivity contribution in [3.63, 3.8) is 0 Å². The SMILES string of the molecule is CCc1nc(NC)c(C)c(N(C)C2CCS(=O)(=O)C2)n1. The lowest BCUT2D eigenvalue weighted by Gasteiger charge is -2.27. The summed E-state index contributed by atoms with van der Waals surface area (Å²) in [5, 5.41) is 3.08. The van der Waals surface area contributed by atoms with Gasteiger partial charge in [-0.3, -0.25) is 0 Å². The Morgan fingerprint density at radius 2 is 2.10 bits per heavy atom. The lowest BCUT2D eigenvalue weighted by Crippen LogP contribution is -2.34. The second kappa shape index (κ2) is 5.55. The predicted octanol–water partition coefficient (Wildman–Crippen LogP) is 1.01. The van der Waals surface area contributed by atoms with Gasteiger partial charge in [0.05, 0.1) is 11.5 Å². The van der Waals surface area contributed by atoms with Crippen LogP contribution in [0.3, 0.4) is 0 Å². The summed E-state index contributed by atoms with van der Waals surface area (Å²) in [5.41, 5.74) is 0.955. The number of hydrogen-bond donors (Lipinski definition) is 1. The minimum atomic E-state index is -2.89. The zero-order valence-electron chi connectivity index (χ0n) is 12.5. The first-order valence-electron chi connectivity index (χ1n) is 6.86. The number of aromatic nitrogens is 2. The highest BCUT2D eigenvalue weighted by Gasteiger charge is 2.32. The third-order valence-electron chi connectivity index (χ3n) is 3.81. The van der Waals surface area contributed by atoms with Crippen LogP contribution in [0.1, 0.15) is 24.7 Å². The van der Waals surface area contributed by atoms with Crippen molar-refractivity contribution in [3.8, 4) is 0 Å². The maximum Gasteiger partial charge on any atom is 0.152 e. The molecule has 0 saturated carbocycles. The van der Waals surface area contributed by atoms with Crippen molar-refractivity contribution < 1.29 is 8.42 Å². The third kappa shape index (κ3) is 2.87. The summed E-state index contributed by atoms with van der Waals surface area (Å²) in [5.74, 6) is 2.88. The summed E-state index contributed by atoms with van der Waals surface area (Å²) in [4.78, 5) is 11.0. The van der Waals surface area contributed by atoms with Crippen molar-refractivity contribution in [1.82, 2.24) is 9.97 Å². The van der Waals surface area contributed by atoms with Crippen LogP contribution in [0.2, 0.25) is 0 Å². The molecule has 1 N–H and O–H groups in total. The van der Waals surface area contributed by atoms with Crippen LogP contribution in [0.15, 0.2) is 0 Å². The van der Waals surface area contributed by atoms with Crippen LogP contribution in [0.4, 0.5) is 11.6 Å². The number of anilines is 2. The molecule has 2 rings (SSSR count). The Balaban J connectivity index is 2.36. The zero-order valence-corrected chi connectivity index (χ0v) is 13.3. The van der Waals surface area contributed by atoms with Crippen molar-refractivity contribution in [2.75, 3.05) is 35.8 Å². The summed E-state index contributed by atoms with van der Waals surface area (Å²) in [7, 11) is 0.855. The maximum atomic E-state index is 11.6. The Hall–Kier alpha value is -1.37. The standard InChI is InChI=1S/C13H22N4O2S/c1-5-11-15-12(14-3)9(2)13(16-11)17(4)10-6-7-20(18,19)8-10/h10H,5-8H2,1-4H3,(H,14,15,16). The fourth-order valence-corrected chi connectivity index (χ4v) is 4.32. The predicted molar refractivity (Wildman–Crippen MR) is 81.2 cm³/mol. The fourth-order valence-electron chi connectivity index (χ4n) is 2.55. The first-order valence-corrected chi connectivity index (χ1v) is 8.68.